The molecule has 0 aliphatic heterocycles. The minimum atomic E-state index is -0.340. The van der Waals surface area contributed by atoms with E-state index in [0.717, 1.165) is 36.5 Å². The number of unbranched alkanes of at least 4 members (excludes halogenated alkanes) is 1. The number of methoxy groups -OCH3 is 1. The number of nitrogens with zero attached hydrogens (tertiary/aromatic N) is 3. The number of rotatable bonds is 9. The topological polar surface area (TPSA) is 69.0 Å². The van der Waals surface area contributed by atoms with Crippen molar-refractivity contribution in [3.63, 3.8) is 0 Å². The van der Waals surface area contributed by atoms with Gasteiger partial charge in [0, 0.05) is 17.8 Å². The molecule has 0 aliphatic rings. The fourth-order valence-electron chi connectivity index (χ4n) is 2.73. The summed E-state index contributed by atoms with van der Waals surface area (Å²) in [5.74, 6) is 1.21. The summed E-state index contributed by atoms with van der Waals surface area (Å²) in [5.41, 5.74) is 1.50. The van der Waals surface area contributed by atoms with E-state index in [1.165, 1.54) is 36.0 Å². The molecule has 29 heavy (non-hydrogen) atoms. The molecule has 3 rings (SSSR count). The summed E-state index contributed by atoms with van der Waals surface area (Å²) >= 11 is 1.33. The van der Waals surface area contributed by atoms with Gasteiger partial charge in [-0.05, 0) is 55.0 Å². The van der Waals surface area contributed by atoms with Gasteiger partial charge < -0.3 is 14.6 Å². The molecular formula is C21H23FN4O2S. The Balaban J connectivity index is 1.71. The SMILES string of the molecule is CCCCn1c(SCC(=O)Nc2ccc(F)cc2)nnc1-c1ccc(OC)cc1. The summed E-state index contributed by atoms with van der Waals surface area (Å²) < 4.78 is 20.2. The van der Waals surface area contributed by atoms with Gasteiger partial charge in [-0.25, -0.2) is 4.39 Å². The van der Waals surface area contributed by atoms with Gasteiger partial charge in [0.25, 0.3) is 0 Å². The van der Waals surface area contributed by atoms with Gasteiger partial charge in [0.05, 0.1) is 12.9 Å². The van der Waals surface area contributed by atoms with Crippen LogP contribution in [-0.4, -0.2) is 33.5 Å². The minimum Gasteiger partial charge on any atom is -0.497 e. The molecule has 2 aromatic carbocycles. The molecule has 0 aliphatic carbocycles. The van der Waals surface area contributed by atoms with Gasteiger partial charge in [-0.1, -0.05) is 25.1 Å². The Bertz CT molecular complexity index is 942. The number of ether oxygens (including phenoxy) is 1. The molecular weight excluding hydrogens is 391 g/mol. The third kappa shape index (κ3) is 5.57. The molecule has 0 saturated heterocycles. The number of nitrogens with one attached hydrogen (secondary N) is 1. The Morgan fingerprint density at radius 1 is 1.14 bits per heavy atom. The van der Waals surface area contributed by atoms with Crippen molar-refractivity contribution in [2.24, 2.45) is 0 Å². The van der Waals surface area contributed by atoms with Crippen LogP contribution in [0.3, 0.4) is 0 Å². The van der Waals surface area contributed by atoms with Crippen molar-refractivity contribution in [1.82, 2.24) is 14.8 Å². The third-order valence-electron chi connectivity index (χ3n) is 4.26. The largest absolute Gasteiger partial charge is 0.497 e. The van der Waals surface area contributed by atoms with Gasteiger partial charge in [-0.15, -0.1) is 10.2 Å². The molecule has 0 bridgehead atoms. The van der Waals surface area contributed by atoms with Crippen LogP contribution in [0.1, 0.15) is 19.8 Å². The zero-order valence-corrected chi connectivity index (χ0v) is 17.2. The van der Waals surface area contributed by atoms with Gasteiger partial charge in [0.1, 0.15) is 11.6 Å². The van der Waals surface area contributed by atoms with Crippen LogP contribution < -0.4 is 10.1 Å². The zero-order valence-electron chi connectivity index (χ0n) is 16.4. The van der Waals surface area contributed by atoms with Crippen molar-refractivity contribution >= 4 is 23.4 Å². The molecule has 1 heterocycles. The number of carbonyl (C=O) groups is 1. The summed E-state index contributed by atoms with van der Waals surface area (Å²) in [4.78, 5) is 12.2. The van der Waals surface area contributed by atoms with Crippen LogP contribution in [0, 0.1) is 5.82 Å². The van der Waals surface area contributed by atoms with Gasteiger partial charge in [0.15, 0.2) is 11.0 Å². The highest BCUT2D eigenvalue weighted by atomic mass is 32.2. The fraction of sp³-hybridized carbons (Fsp3) is 0.286. The zero-order chi connectivity index (χ0) is 20.6. The van der Waals surface area contributed by atoms with E-state index in [-0.39, 0.29) is 17.5 Å². The second-order valence-corrected chi connectivity index (χ2v) is 7.33. The van der Waals surface area contributed by atoms with Crippen LogP contribution in [0.5, 0.6) is 5.75 Å². The number of amides is 1. The Morgan fingerprint density at radius 3 is 2.52 bits per heavy atom. The van der Waals surface area contributed by atoms with E-state index in [4.69, 9.17) is 4.74 Å². The number of halogens is 1. The van der Waals surface area contributed by atoms with Crippen molar-refractivity contribution in [1.29, 1.82) is 0 Å². The number of hydrogen-bond acceptors (Lipinski definition) is 5. The molecule has 152 valence electrons. The standard InChI is InChI=1S/C21H23FN4O2S/c1-3-4-13-26-20(15-5-11-18(28-2)12-6-15)24-25-21(26)29-14-19(27)23-17-9-7-16(22)8-10-17/h5-12H,3-4,13-14H2,1-2H3,(H,23,27). The first-order valence-electron chi connectivity index (χ1n) is 9.36. The molecule has 1 amide bonds. The molecule has 1 N–H and O–H groups in total. The van der Waals surface area contributed by atoms with Crippen molar-refractivity contribution in [3.05, 3.63) is 54.3 Å². The molecule has 6 nitrogen and oxygen atoms in total. The summed E-state index contributed by atoms with van der Waals surface area (Å²) in [6.07, 6.45) is 2.02. The molecule has 1 aromatic heterocycles. The predicted octanol–water partition coefficient (Wildman–Crippen LogP) is 4.62. The van der Waals surface area contributed by atoms with Crippen molar-refractivity contribution in [2.45, 2.75) is 31.5 Å². The minimum absolute atomic E-state index is 0.183. The van der Waals surface area contributed by atoms with Crippen molar-refractivity contribution < 1.29 is 13.9 Å². The smallest absolute Gasteiger partial charge is 0.234 e. The van der Waals surface area contributed by atoms with Gasteiger partial charge >= 0.3 is 0 Å². The summed E-state index contributed by atoms with van der Waals surface area (Å²) in [6.45, 7) is 2.90. The average Bonchev–Trinajstić information content (AvgIpc) is 3.15. The monoisotopic (exact) mass is 414 g/mol. The molecule has 0 atom stereocenters. The Kier molecular flexibility index (Phi) is 7.24. The molecule has 0 spiro atoms. The lowest BCUT2D eigenvalue weighted by atomic mass is 10.2. The van der Waals surface area contributed by atoms with Crippen LogP contribution in [0.4, 0.5) is 10.1 Å². The maximum atomic E-state index is 13.0. The van der Waals surface area contributed by atoms with E-state index in [2.05, 4.69) is 22.4 Å². The van der Waals surface area contributed by atoms with E-state index in [1.807, 2.05) is 28.8 Å². The molecule has 0 radical (unpaired) electrons. The molecule has 0 saturated carbocycles. The fourth-order valence-corrected chi connectivity index (χ4v) is 3.49. The average molecular weight is 415 g/mol. The molecule has 0 unspecified atom stereocenters. The molecule has 3 aromatic rings. The number of anilines is 1. The van der Waals surface area contributed by atoms with E-state index < -0.39 is 0 Å². The lowest BCUT2D eigenvalue weighted by Crippen LogP contribution is -2.14. The predicted molar refractivity (Wildman–Crippen MR) is 113 cm³/mol. The lowest BCUT2D eigenvalue weighted by molar-refractivity contribution is -0.113. The summed E-state index contributed by atoms with van der Waals surface area (Å²) in [6, 6.07) is 13.3. The second-order valence-electron chi connectivity index (χ2n) is 6.38. The first kappa shape index (κ1) is 20.9. The Labute approximate surface area is 173 Å². The molecule has 0 fully saturated rings. The van der Waals surface area contributed by atoms with E-state index in [0.29, 0.717) is 10.8 Å². The highest BCUT2D eigenvalue weighted by Crippen LogP contribution is 2.26. The van der Waals surface area contributed by atoms with Gasteiger partial charge in [-0.3, -0.25) is 4.79 Å². The summed E-state index contributed by atoms with van der Waals surface area (Å²) in [5, 5.41) is 12.1. The number of benzene rings is 2. The Hall–Kier alpha value is -2.87. The summed E-state index contributed by atoms with van der Waals surface area (Å²) in [7, 11) is 1.63. The van der Waals surface area contributed by atoms with Crippen LogP contribution >= 0.6 is 11.8 Å². The lowest BCUT2D eigenvalue weighted by Gasteiger charge is -2.10. The highest BCUT2D eigenvalue weighted by molar-refractivity contribution is 7.99. The van der Waals surface area contributed by atoms with Crippen molar-refractivity contribution in [3.8, 4) is 17.1 Å². The normalized spacial score (nSPS) is 10.7. The maximum Gasteiger partial charge on any atom is 0.234 e. The maximum absolute atomic E-state index is 13.0. The molecule has 8 heteroatoms. The highest BCUT2D eigenvalue weighted by Gasteiger charge is 2.15. The number of carbonyl (C=O) groups excluding carboxylic acids is 1. The first-order chi connectivity index (χ1) is 14.1. The van der Waals surface area contributed by atoms with E-state index in [1.54, 1.807) is 7.11 Å². The van der Waals surface area contributed by atoms with Crippen LogP contribution in [0.25, 0.3) is 11.4 Å². The number of aromatic nitrogens is 3. The third-order valence-corrected chi connectivity index (χ3v) is 5.23. The van der Waals surface area contributed by atoms with Crippen molar-refractivity contribution in [2.75, 3.05) is 18.2 Å². The second kappa shape index (κ2) is 10.1. The quantitative estimate of drug-likeness (QED) is 0.517. The van der Waals surface area contributed by atoms with E-state index in [9.17, 15) is 9.18 Å². The van der Waals surface area contributed by atoms with Gasteiger partial charge in [0.2, 0.25) is 5.91 Å². The van der Waals surface area contributed by atoms with Crippen LogP contribution in [0.2, 0.25) is 0 Å². The number of thioether (sulfide) groups is 1. The Morgan fingerprint density at radius 2 is 1.86 bits per heavy atom. The van der Waals surface area contributed by atoms with E-state index >= 15 is 0 Å². The van der Waals surface area contributed by atoms with Gasteiger partial charge in [-0.2, -0.15) is 0 Å². The number of hydrogen-bond donors (Lipinski definition) is 1. The van der Waals surface area contributed by atoms with Crippen LogP contribution in [0.15, 0.2) is 53.7 Å². The van der Waals surface area contributed by atoms with Crippen LogP contribution in [-0.2, 0) is 11.3 Å². The first-order valence-corrected chi connectivity index (χ1v) is 10.3.